The summed E-state index contributed by atoms with van der Waals surface area (Å²) in [6.45, 7) is 5.53. The van der Waals surface area contributed by atoms with Crippen molar-refractivity contribution in [3.05, 3.63) is 102 Å². The van der Waals surface area contributed by atoms with E-state index in [1.165, 1.54) is 22.0 Å². The first-order chi connectivity index (χ1) is 14.9. The number of ether oxygens (including phenoxy) is 1. The summed E-state index contributed by atoms with van der Waals surface area (Å²) in [6.07, 6.45) is 1.78. The molecule has 0 radical (unpaired) electrons. The first kappa shape index (κ1) is 20.9. The highest BCUT2D eigenvalue weighted by Crippen LogP contribution is 2.32. The molecule has 0 spiro atoms. The quantitative estimate of drug-likeness (QED) is 0.590. The normalized spacial score (nSPS) is 16.1. The third-order valence-corrected chi connectivity index (χ3v) is 6.07. The molecule has 1 aliphatic heterocycles. The van der Waals surface area contributed by atoms with Crippen molar-refractivity contribution in [3.63, 3.8) is 0 Å². The minimum atomic E-state index is -0.948. The van der Waals surface area contributed by atoms with Gasteiger partial charge >= 0.3 is 5.97 Å². The van der Waals surface area contributed by atoms with E-state index in [0.717, 1.165) is 11.1 Å². The minimum Gasteiger partial charge on any atom is -0.463 e. The van der Waals surface area contributed by atoms with E-state index in [1.807, 2.05) is 31.2 Å². The number of carbonyl (C=O) groups is 1. The standard InChI is InChI=1S/C24H21FN2O3S/c1-4-30-23(29)20-15(3)26-24-27(21(20)17-7-5-6-8-18(17)25)22(28)19(31-24)13-16-11-9-14(2)10-12-16/h5-13,21H,4H2,1-3H3/b19-13+. The number of carbonyl (C=O) groups excluding carboxylic acids is 1. The molecule has 1 atom stereocenters. The molecule has 158 valence electrons. The van der Waals surface area contributed by atoms with E-state index in [9.17, 15) is 14.0 Å². The van der Waals surface area contributed by atoms with Gasteiger partial charge in [-0.15, -0.1) is 0 Å². The second-order valence-electron chi connectivity index (χ2n) is 7.23. The molecular formula is C24H21FN2O3S. The maximum Gasteiger partial charge on any atom is 0.338 e. The molecule has 0 amide bonds. The number of thiazole rings is 1. The summed E-state index contributed by atoms with van der Waals surface area (Å²) >= 11 is 1.22. The number of hydrogen-bond acceptors (Lipinski definition) is 5. The van der Waals surface area contributed by atoms with Gasteiger partial charge in [0.25, 0.3) is 5.56 Å². The topological polar surface area (TPSA) is 60.7 Å². The van der Waals surface area contributed by atoms with Crippen LogP contribution in [-0.2, 0) is 9.53 Å². The van der Waals surface area contributed by atoms with E-state index in [2.05, 4.69) is 4.99 Å². The van der Waals surface area contributed by atoms with Gasteiger partial charge in [0.15, 0.2) is 4.80 Å². The summed E-state index contributed by atoms with van der Waals surface area (Å²) in [5.74, 6) is -1.11. The fourth-order valence-corrected chi connectivity index (χ4v) is 4.64. The van der Waals surface area contributed by atoms with Crippen LogP contribution in [0.5, 0.6) is 0 Å². The Bertz CT molecular complexity index is 1370. The molecule has 0 N–H and O–H groups in total. The van der Waals surface area contributed by atoms with E-state index in [4.69, 9.17) is 4.74 Å². The molecule has 1 unspecified atom stereocenters. The second-order valence-corrected chi connectivity index (χ2v) is 8.24. The number of nitrogens with zero attached hydrogens (tertiary/aromatic N) is 2. The van der Waals surface area contributed by atoms with Crippen molar-refractivity contribution in [1.29, 1.82) is 0 Å². The van der Waals surface area contributed by atoms with Crippen molar-refractivity contribution in [3.8, 4) is 0 Å². The Balaban J connectivity index is 1.97. The summed E-state index contributed by atoms with van der Waals surface area (Å²) in [7, 11) is 0. The Morgan fingerprint density at radius 1 is 1.19 bits per heavy atom. The first-order valence-electron chi connectivity index (χ1n) is 9.91. The second kappa shape index (κ2) is 8.43. The summed E-state index contributed by atoms with van der Waals surface area (Å²) in [5.41, 5.74) is 2.47. The van der Waals surface area contributed by atoms with E-state index in [-0.39, 0.29) is 23.3 Å². The van der Waals surface area contributed by atoms with Gasteiger partial charge < -0.3 is 4.74 Å². The van der Waals surface area contributed by atoms with Crippen LogP contribution in [0.2, 0.25) is 0 Å². The monoisotopic (exact) mass is 436 g/mol. The predicted octanol–water partition coefficient (Wildman–Crippen LogP) is 3.25. The number of halogens is 1. The van der Waals surface area contributed by atoms with Gasteiger partial charge in [0, 0.05) is 5.56 Å². The zero-order chi connectivity index (χ0) is 22.1. The van der Waals surface area contributed by atoms with Crippen molar-refractivity contribution < 1.29 is 13.9 Å². The Kier molecular flexibility index (Phi) is 5.69. The number of fused-ring (bicyclic) bond motifs is 1. The molecule has 1 aliphatic rings. The molecule has 31 heavy (non-hydrogen) atoms. The number of benzene rings is 2. The van der Waals surface area contributed by atoms with E-state index in [1.54, 1.807) is 38.1 Å². The van der Waals surface area contributed by atoms with Crippen LogP contribution >= 0.6 is 11.3 Å². The van der Waals surface area contributed by atoms with Crippen molar-refractivity contribution in [2.75, 3.05) is 6.61 Å². The molecule has 2 aromatic carbocycles. The highest BCUT2D eigenvalue weighted by molar-refractivity contribution is 7.07. The third-order valence-electron chi connectivity index (χ3n) is 5.09. The minimum absolute atomic E-state index is 0.164. The highest BCUT2D eigenvalue weighted by atomic mass is 32.1. The fraction of sp³-hybridized carbons (Fsp3) is 0.208. The smallest absolute Gasteiger partial charge is 0.338 e. The maximum absolute atomic E-state index is 14.8. The summed E-state index contributed by atoms with van der Waals surface area (Å²) in [6, 6.07) is 13.0. The molecule has 2 heterocycles. The van der Waals surface area contributed by atoms with Crippen LogP contribution in [0.15, 0.2) is 69.6 Å². The molecule has 0 fully saturated rings. The Morgan fingerprint density at radius 2 is 1.90 bits per heavy atom. The summed E-state index contributed by atoms with van der Waals surface area (Å²) < 4.78 is 21.9. The number of hydrogen-bond donors (Lipinski definition) is 0. The van der Waals surface area contributed by atoms with Gasteiger partial charge in [-0.2, -0.15) is 0 Å². The molecule has 5 nitrogen and oxygen atoms in total. The van der Waals surface area contributed by atoms with Crippen LogP contribution in [0.3, 0.4) is 0 Å². The van der Waals surface area contributed by atoms with Crippen LogP contribution in [0.25, 0.3) is 6.08 Å². The summed E-state index contributed by atoms with van der Waals surface area (Å²) in [5, 5.41) is 0. The number of aryl methyl sites for hydroxylation is 1. The van der Waals surface area contributed by atoms with Crippen molar-refractivity contribution >= 4 is 23.4 Å². The predicted molar refractivity (Wildman–Crippen MR) is 118 cm³/mol. The van der Waals surface area contributed by atoms with E-state index in [0.29, 0.717) is 15.0 Å². The number of esters is 1. The molecule has 0 saturated heterocycles. The number of rotatable bonds is 4. The third kappa shape index (κ3) is 3.88. The van der Waals surface area contributed by atoms with Crippen LogP contribution < -0.4 is 14.9 Å². The lowest BCUT2D eigenvalue weighted by Gasteiger charge is -2.24. The van der Waals surface area contributed by atoms with Gasteiger partial charge in [-0.25, -0.2) is 14.2 Å². The van der Waals surface area contributed by atoms with Gasteiger partial charge in [-0.3, -0.25) is 9.36 Å². The van der Waals surface area contributed by atoms with Crippen molar-refractivity contribution in [2.45, 2.75) is 26.8 Å². The lowest BCUT2D eigenvalue weighted by molar-refractivity contribution is -0.139. The zero-order valence-electron chi connectivity index (χ0n) is 17.4. The molecule has 7 heteroatoms. The SMILES string of the molecule is CCOC(=O)C1=C(C)N=c2s/c(=C/c3ccc(C)cc3)c(=O)n2C1c1ccccc1F. The maximum atomic E-state index is 14.8. The van der Waals surface area contributed by atoms with Gasteiger partial charge in [0.1, 0.15) is 11.9 Å². The van der Waals surface area contributed by atoms with Crippen LogP contribution in [-0.4, -0.2) is 17.1 Å². The average Bonchev–Trinajstić information content (AvgIpc) is 3.04. The molecule has 4 rings (SSSR count). The largest absolute Gasteiger partial charge is 0.463 e. The van der Waals surface area contributed by atoms with Gasteiger partial charge in [-0.05, 0) is 38.5 Å². The number of allylic oxidation sites excluding steroid dienone is 1. The van der Waals surface area contributed by atoms with Crippen LogP contribution in [0, 0.1) is 12.7 Å². The van der Waals surface area contributed by atoms with Crippen molar-refractivity contribution in [2.24, 2.45) is 4.99 Å². The fourth-order valence-electron chi connectivity index (χ4n) is 3.60. The average molecular weight is 437 g/mol. The molecule has 3 aromatic rings. The first-order valence-corrected chi connectivity index (χ1v) is 10.7. The van der Waals surface area contributed by atoms with E-state index < -0.39 is 17.8 Å². The molecular weight excluding hydrogens is 415 g/mol. The molecule has 0 saturated carbocycles. The zero-order valence-corrected chi connectivity index (χ0v) is 18.2. The highest BCUT2D eigenvalue weighted by Gasteiger charge is 2.34. The lowest BCUT2D eigenvalue weighted by atomic mass is 9.95. The van der Waals surface area contributed by atoms with Crippen molar-refractivity contribution in [1.82, 2.24) is 4.57 Å². The Hall–Kier alpha value is -3.32. The lowest BCUT2D eigenvalue weighted by Crippen LogP contribution is -2.40. The Morgan fingerprint density at radius 3 is 2.58 bits per heavy atom. The van der Waals surface area contributed by atoms with Gasteiger partial charge in [-0.1, -0.05) is 59.4 Å². The summed E-state index contributed by atoms with van der Waals surface area (Å²) in [4.78, 5) is 31.1. The number of aromatic nitrogens is 1. The molecule has 0 aliphatic carbocycles. The van der Waals surface area contributed by atoms with Gasteiger partial charge in [0.05, 0.1) is 22.4 Å². The van der Waals surface area contributed by atoms with Crippen LogP contribution in [0.1, 0.15) is 36.6 Å². The molecule has 1 aromatic heterocycles. The van der Waals surface area contributed by atoms with E-state index >= 15 is 0 Å². The van der Waals surface area contributed by atoms with Gasteiger partial charge in [0.2, 0.25) is 0 Å². The van der Waals surface area contributed by atoms with Crippen LogP contribution in [0.4, 0.5) is 4.39 Å². The Labute approximate surface area is 182 Å². The molecule has 0 bridgehead atoms.